The Bertz CT molecular complexity index is 1960. The normalized spacial score (nSPS) is 13.1. The fourth-order valence-electron chi connectivity index (χ4n) is 5.49. The van der Waals surface area contributed by atoms with Crippen molar-refractivity contribution in [1.29, 1.82) is 0 Å². The Hall–Kier alpha value is -3.60. The zero-order valence-electron chi connectivity index (χ0n) is 29.0. The molecule has 3 aromatic carbocycles. The van der Waals surface area contributed by atoms with E-state index in [1.54, 1.807) is 35.0 Å². The van der Waals surface area contributed by atoms with Gasteiger partial charge in [0.1, 0.15) is 29.2 Å². The van der Waals surface area contributed by atoms with E-state index in [4.69, 9.17) is 16.3 Å². The maximum Gasteiger partial charge on any atom is 0.324 e. The number of ether oxygens (including phenoxy) is 1. The molecule has 2 N–H and O–H groups in total. The fraction of sp³-hybridized carbons (Fsp3) is 0.371. The van der Waals surface area contributed by atoms with Crippen LogP contribution in [0.3, 0.4) is 0 Å². The van der Waals surface area contributed by atoms with E-state index < -0.39 is 62.0 Å². The smallest absolute Gasteiger partial charge is 0.324 e. The summed E-state index contributed by atoms with van der Waals surface area (Å²) in [5.74, 6) is -4.25. The minimum absolute atomic E-state index is 0.220. The standard InChI is InChI=1S/C35H40ClF3N4O6S2/c1-35(2,22-8-13-27(36)31(16-22)49-6)32-19-40-34(42(32)24-11-9-23(37)10-12-24)50-21-26-28(38)17-25(18-29(26)39)51(47,48)41(30(20-44)33(45)46)14-7-15-43(3,4)5/h8-13,16-19,30,44H,7,14-15,20-21H2,1-6H3/p+1/t30-/m0/s1. The number of hydrogen-bond donors (Lipinski definition) is 2. The third-order valence-electron chi connectivity index (χ3n) is 8.41. The van der Waals surface area contributed by atoms with E-state index in [-0.39, 0.29) is 18.7 Å². The molecule has 0 saturated heterocycles. The number of nitrogens with zero attached hydrogens (tertiary/aromatic N) is 4. The van der Waals surface area contributed by atoms with Gasteiger partial charge in [0.25, 0.3) is 0 Å². The third kappa shape index (κ3) is 9.07. The molecule has 0 amide bonds. The second-order valence-electron chi connectivity index (χ2n) is 13.4. The van der Waals surface area contributed by atoms with Gasteiger partial charge in [-0.25, -0.2) is 26.6 Å². The van der Waals surface area contributed by atoms with Gasteiger partial charge in [0, 0.05) is 35.4 Å². The molecule has 1 aromatic heterocycles. The number of halogens is 4. The average Bonchev–Trinajstić information content (AvgIpc) is 3.48. The first-order chi connectivity index (χ1) is 23.8. The number of hydrogen-bond acceptors (Lipinski definition) is 7. The van der Waals surface area contributed by atoms with Crippen LogP contribution in [0.2, 0.25) is 5.02 Å². The highest BCUT2D eigenvalue weighted by atomic mass is 35.5. The molecule has 0 aliphatic carbocycles. The van der Waals surface area contributed by atoms with Crippen molar-refractivity contribution in [3.63, 3.8) is 0 Å². The van der Waals surface area contributed by atoms with Crippen LogP contribution in [0.25, 0.3) is 5.69 Å². The summed E-state index contributed by atoms with van der Waals surface area (Å²) < 4.78 is 80.7. The Morgan fingerprint density at radius 2 is 1.71 bits per heavy atom. The number of benzene rings is 3. The number of sulfonamides is 1. The summed E-state index contributed by atoms with van der Waals surface area (Å²) in [4.78, 5) is 15.7. The number of rotatable bonds is 16. The Balaban J connectivity index is 1.71. The monoisotopic (exact) mass is 769 g/mol. The molecule has 276 valence electrons. The lowest BCUT2D eigenvalue weighted by molar-refractivity contribution is -0.870. The number of carboxylic acid groups (broad SMARTS) is 1. The quantitative estimate of drug-likeness (QED) is 0.104. The topological polar surface area (TPSA) is 122 Å². The molecule has 0 fully saturated rings. The van der Waals surface area contributed by atoms with E-state index in [9.17, 15) is 27.8 Å². The Labute approximate surface area is 305 Å². The first-order valence-corrected chi connectivity index (χ1v) is 18.6. The van der Waals surface area contributed by atoms with E-state index >= 15 is 8.78 Å². The van der Waals surface area contributed by atoms with Crippen molar-refractivity contribution in [2.45, 2.75) is 47.5 Å². The molecule has 4 aromatic rings. The van der Waals surface area contributed by atoms with Gasteiger partial charge in [-0.05, 0) is 54.1 Å². The van der Waals surface area contributed by atoms with Crippen molar-refractivity contribution in [3.8, 4) is 11.4 Å². The molecule has 0 aliphatic heterocycles. The molecule has 0 radical (unpaired) electrons. The zero-order valence-corrected chi connectivity index (χ0v) is 31.4. The van der Waals surface area contributed by atoms with Crippen LogP contribution in [-0.4, -0.2) is 96.9 Å². The molecule has 1 heterocycles. The second-order valence-corrected chi connectivity index (χ2v) is 16.6. The van der Waals surface area contributed by atoms with E-state index in [1.165, 1.54) is 19.2 Å². The van der Waals surface area contributed by atoms with E-state index in [1.807, 2.05) is 41.1 Å². The number of aliphatic hydroxyl groups excluding tert-OH is 1. The van der Waals surface area contributed by atoms with Crippen LogP contribution in [0.4, 0.5) is 13.2 Å². The van der Waals surface area contributed by atoms with Crippen LogP contribution < -0.4 is 4.74 Å². The van der Waals surface area contributed by atoms with Gasteiger partial charge in [0.05, 0.1) is 63.2 Å². The Morgan fingerprint density at radius 3 is 2.25 bits per heavy atom. The molecule has 10 nitrogen and oxygen atoms in total. The molecule has 51 heavy (non-hydrogen) atoms. The number of carboxylic acids is 1. The summed E-state index contributed by atoms with van der Waals surface area (Å²) in [6, 6.07) is 10.4. The Morgan fingerprint density at radius 1 is 1.08 bits per heavy atom. The predicted octanol–water partition coefficient (Wildman–Crippen LogP) is 6.10. The molecule has 16 heteroatoms. The average molecular weight is 770 g/mol. The number of aromatic nitrogens is 2. The summed E-state index contributed by atoms with van der Waals surface area (Å²) in [6.07, 6.45) is 1.83. The van der Waals surface area contributed by atoms with Crippen molar-refractivity contribution in [2.75, 3.05) is 47.9 Å². The first kappa shape index (κ1) is 40.2. The SMILES string of the molecule is COc1cc(C(C)(C)c2cnc(SCc3c(F)cc(S(=O)(=O)N(CCC[N+](C)(C)C)[C@@H](CO)C(=O)O)cc3F)n2-c2ccc(F)cc2)ccc1Cl. The molecule has 0 unspecified atom stereocenters. The maximum absolute atomic E-state index is 15.6. The second kappa shape index (κ2) is 16.0. The lowest BCUT2D eigenvalue weighted by Crippen LogP contribution is -2.48. The molecule has 0 saturated carbocycles. The van der Waals surface area contributed by atoms with Crippen LogP contribution in [-0.2, 0) is 26.0 Å². The first-order valence-electron chi connectivity index (χ1n) is 15.8. The largest absolute Gasteiger partial charge is 0.495 e. The van der Waals surface area contributed by atoms with Gasteiger partial charge < -0.3 is 19.4 Å². The highest BCUT2D eigenvalue weighted by molar-refractivity contribution is 7.98. The number of aliphatic hydroxyl groups is 1. The summed E-state index contributed by atoms with van der Waals surface area (Å²) in [7, 11) is 2.34. The van der Waals surface area contributed by atoms with Gasteiger partial charge in [0.2, 0.25) is 10.0 Å². The number of aliphatic carboxylic acids is 1. The predicted molar refractivity (Wildman–Crippen MR) is 189 cm³/mol. The van der Waals surface area contributed by atoms with Crippen LogP contribution >= 0.6 is 23.4 Å². The Kier molecular flexibility index (Phi) is 12.6. The van der Waals surface area contributed by atoms with Crippen molar-refractivity contribution in [2.24, 2.45) is 0 Å². The lowest BCUT2D eigenvalue weighted by atomic mass is 9.81. The zero-order chi connectivity index (χ0) is 37.9. The van der Waals surface area contributed by atoms with Crippen LogP contribution in [0.1, 0.15) is 37.1 Å². The maximum atomic E-state index is 15.6. The molecule has 4 rings (SSSR count). The van der Waals surface area contributed by atoms with Gasteiger partial charge in [-0.1, -0.05) is 43.3 Å². The number of methoxy groups -OCH3 is 1. The van der Waals surface area contributed by atoms with Gasteiger partial charge >= 0.3 is 5.97 Å². The molecule has 0 bridgehead atoms. The van der Waals surface area contributed by atoms with Gasteiger partial charge in [-0.15, -0.1) is 0 Å². The third-order valence-corrected chi connectivity index (χ3v) is 11.6. The van der Waals surface area contributed by atoms with Crippen molar-refractivity contribution < 1.29 is 45.8 Å². The molecular weight excluding hydrogens is 729 g/mol. The number of thioether (sulfide) groups is 1. The molecular formula is C35H41ClF3N4O6S2+. The minimum Gasteiger partial charge on any atom is -0.495 e. The van der Waals surface area contributed by atoms with Gasteiger partial charge in [-0.2, -0.15) is 4.31 Å². The van der Waals surface area contributed by atoms with Gasteiger partial charge in [-0.3, -0.25) is 9.36 Å². The summed E-state index contributed by atoms with van der Waals surface area (Å²) in [6.45, 7) is 3.00. The van der Waals surface area contributed by atoms with Gasteiger partial charge in [0.15, 0.2) is 5.16 Å². The summed E-state index contributed by atoms with van der Waals surface area (Å²) in [5.41, 5.74) is 0.834. The summed E-state index contributed by atoms with van der Waals surface area (Å²) in [5, 5.41) is 20.2. The highest BCUT2D eigenvalue weighted by Crippen LogP contribution is 2.39. The molecule has 0 aliphatic rings. The highest BCUT2D eigenvalue weighted by Gasteiger charge is 2.37. The number of quaternary nitrogens is 1. The minimum atomic E-state index is -4.76. The van der Waals surface area contributed by atoms with E-state index in [2.05, 4.69) is 4.98 Å². The molecule has 1 atom stereocenters. The van der Waals surface area contributed by atoms with Crippen molar-refractivity contribution in [3.05, 3.63) is 100 Å². The lowest BCUT2D eigenvalue weighted by Gasteiger charge is -2.29. The van der Waals surface area contributed by atoms with Crippen molar-refractivity contribution >= 4 is 39.4 Å². The fourth-order valence-corrected chi connectivity index (χ4v) is 8.33. The molecule has 0 spiro atoms. The summed E-state index contributed by atoms with van der Waals surface area (Å²) >= 11 is 7.24. The number of carbonyl (C=O) groups is 1. The van der Waals surface area contributed by atoms with Crippen LogP contribution in [0, 0.1) is 17.5 Å². The van der Waals surface area contributed by atoms with E-state index in [0.29, 0.717) is 54.8 Å². The van der Waals surface area contributed by atoms with Crippen LogP contribution in [0.15, 0.2) is 70.8 Å². The van der Waals surface area contributed by atoms with Crippen molar-refractivity contribution in [1.82, 2.24) is 13.9 Å². The number of imidazole rings is 1. The van der Waals surface area contributed by atoms with Crippen LogP contribution in [0.5, 0.6) is 5.75 Å². The van der Waals surface area contributed by atoms with E-state index in [0.717, 1.165) is 17.3 Å².